The average molecular weight is 362 g/mol. The minimum Gasteiger partial charge on any atom is -0.462 e. The van der Waals surface area contributed by atoms with Crippen LogP contribution in [0.3, 0.4) is 0 Å². The highest BCUT2D eigenvalue weighted by Crippen LogP contribution is 2.35. The Kier molecular flexibility index (Phi) is 5.89. The van der Waals surface area contributed by atoms with Crippen molar-refractivity contribution in [1.29, 1.82) is 0 Å². The van der Waals surface area contributed by atoms with Gasteiger partial charge in [-0.1, -0.05) is 27.2 Å². The molecule has 0 amide bonds. The van der Waals surface area contributed by atoms with Gasteiger partial charge in [0.15, 0.2) is 0 Å². The fourth-order valence-corrected chi connectivity index (χ4v) is 4.17. The first kappa shape index (κ1) is 18.1. The van der Waals surface area contributed by atoms with E-state index in [-0.39, 0.29) is 18.5 Å². The van der Waals surface area contributed by atoms with E-state index in [0.717, 1.165) is 18.4 Å². The lowest BCUT2D eigenvalue weighted by atomic mass is 9.75. The molecule has 2 heterocycles. The zero-order valence-electron chi connectivity index (χ0n) is 15.1. The summed E-state index contributed by atoms with van der Waals surface area (Å²) in [4.78, 5) is 12.3. The standard InChI is InChI=1S/C19H26N2O3S/c1-12(2)15-5-4-13(3)10-16(15)23-18(22)7-6-17-20-21-19(24-17)14-8-9-25-11-14/h8-9,11-13,15-16H,4-7,10H2,1-3H3/t13-,15-,16+/m1/s1. The Balaban J connectivity index is 1.52. The van der Waals surface area contributed by atoms with E-state index in [1.807, 2.05) is 16.8 Å². The first-order valence-electron chi connectivity index (χ1n) is 9.07. The van der Waals surface area contributed by atoms with E-state index < -0.39 is 0 Å². The van der Waals surface area contributed by atoms with Gasteiger partial charge in [-0.2, -0.15) is 11.3 Å². The second-order valence-electron chi connectivity index (χ2n) is 7.37. The molecule has 2 aromatic heterocycles. The molecule has 1 fully saturated rings. The highest BCUT2D eigenvalue weighted by Gasteiger charge is 2.33. The second kappa shape index (κ2) is 8.13. The summed E-state index contributed by atoms with van der Waals surface area (Å²) >= 11 is 1.58. The molecular formula is C19H26N2O3S. The SMILES string of the molecule is CC(C)[C@H]1CC[C@@H](C)C[C@@H]1OC(=O)CCc1nnc(-c2ccsc2)o1. The molecule has 1 aliphatic rings. The molecule has 2 aromatic rings. The van der Waals surface area contributed by atoms with E-state index in [4.69, 9.17) is 9.15 Å². The van der Waals surface area contributed by atoms with Crippen molar-refractivity contribution in [2.45, 2.75) is 59.0 Å². The van der Waals surface area contributed by atoms with Crippen LogP contribution >= 0.6 is 11.3 Å². The highest BCUT2D eigenvalue weighted by atomic mass is 32.1. The summed E-state index contributed by atoms with van der Waals surface area (Å²) < 4.78 is 11.4. The van der Waals surface area contributed by atoms with Gasteiger partial charge < -0.3 is 9.15 Å². The van der Waals surface area contributed by atoms with Crippen molar-refractivity contribution in [3.63, 3.8) is 0 Å². The number of esters is 1. The van der Waals surface area contributed by atoms with Crippen LogP contribution < -0.4 is 0 Å². The van der Waals surface area contributed by atoms with Crippen LogP contribution in [-0.4, -0.2) is 22.3 Å². The Hall–Kier alpha value is -1.69. The molecule has 6 heteroatoms. The van der Waals surface area contributed by atoms with Gasteiger partial charge in [0, 0.05) is 17.4 Å². The van der Waals surface area contributed by atoms with Gasteiger partial charge in [0.05, 0.1) is 6.42 Å². The molecular weight excluding hydrogens is 336 g/mol. The number of thiophene rings is 1. The van der Waals surface area contributed by atoms with Gasteiger partial charge in [-0.05, 0) is 42.0 Å². The first-order valence-corrected chi connectivity index (χ1v) is 10.0. The smallest absolute Gasteiger partial charge is 0.306 e. The van der Waals surface area contributed by atoms with Crippen molar-refractivity contribution < 1.29 is 13.9 Å². The molecule has 1 aliphatic carbocycles. The number of aromatic nitrogens is 2. The van der Waals surface area contributed by atoms with E-state index in [1.165, 1.54) is 6.42 Å². The molecule has 0 radical (unpaired) electrons. The van der Waals surface area contributed by atoms with Gasteiger partial charge >= 0.3 is 5.97 Å². The number of rotatable bonds is 6. The van der Waals surface area contributed by atoms with Gasteiger partial charge in [-0.3, -0.25) is 4.79 Å². The molecule has 0 aromatic carbocycles. The lowest BCUT2D eigenvalue weighted by molar-refractivity contribution is -0.156. The Bertz CT molecular complexity index is 681. The summed E-state index contributed by atoms with van der Waals surface area (Å²) in [5.74, 6) is 2.45. The van der Waals surface area contributed by atoms with Gasteiger partial charge in [0.2, 0.25) is 11.8 Å². The second-order valence-corrected chi connectivity index (χ2v) is 8.15. The van der Waals surface area contributed by atoms with E-state index in [1.54, 1.807) is 11.3 Å². The summed E-state index contributed by atoms with van der Waals surface area (Å²) in [7, 11) is 0. The van der Waals surface area contributed by atoms with E-state index >= 15 is 0 Å². The van der Waals surface area contributed by atoms with Gasteiger partial charge in [-0.15, -0.1) is 10.2 Å². The molecule has 25 heavy (non-hydrogen) atoms. The number of aryl methyl sites for hydroxylation is 1. The van der Waals surface area contributed by atoms with Crippen LogP contribution in [0.15, 0.2) is 21.2 Å². The fraction of sp³-hybridized carbons (Fsp3) is 0.632. The van der Waals surface area contributed by atoms with Crippen LogP contribution in [0.25, 0.3) is 11.5 Å². The highest BCUT2D eigenvalue weighted by molar-refractivity contribution is 7.08. The normalized spacial score (nSPS) is 23.8. The van der Waals surface area contributed by atoms with Gasteiger partial charge in [0.25, 0.3) is 0 Å². The van der Waals surface area contributed by atoms with E-state index in [0.29, 0.717) is 36.0 Å². The minimum atomic E-state index is -0.167. The summed E-state index contributed by atoms with van der Waals surface area (Å²) in [5.41, 5.74) is 0.919. The third kappa shape index (κ3) is 4.69. The monoisotopic (exact) mass is 362 g/mol. The predicted octanol–water partition coefficient (Wildman–Crippen LogP) is 4.73. The third-order valence-corrected chi connectivity index (χ3v) is 5.71. The van der Waals surface area contributed by atoms with Crippen molar-refractivity contribution in [3.05, 3.63) is 22.7 Å². The van der Waals surface area contributed by atoms with Crippen molar-refractivity contribution in [1.82, 2.24) is 10.2 Å². The van der Waals surface area contributed by atoms with Crippen molar-refractivity contribution in [2.75, 3.05) is 0 Å². The molecule has 1 saturated carbocycles. The molecule has 0 saturated heterocycles. The number of carbonyl (C=O) groups is 1. The fourth-order valence-electron chi connectivity index (χ4n) is 3.54. The number of hydrogen-bond donors (Lipinski definition) is 0. The summed E-state index contributed by atoms with van der Waals surface area (Å²) in [5, 5.41) is 12.0. The molecule has 0 spiro atoms. The number of nitrogens with zero attached hydrogens (tertiary/aromatic N) is 2. The van der Waals surface area contributed by atoms with Crippen LogP contribution in [0.5, 0.6) is 0 Å². The van der Waals surface area contributed by atoms with Crippen LogP contribution in [0, 0.1) is 17.8 Å². The average Bonchev–Trinajstić information content (AvgIpc) is 3.24. The lowest BCUT2D eigenvalue weighted by Crippen LogP contribution is -2.35. The molecule has 0 N–H and O–H groups in total. The Morgan fingerprint density at radius 1 is 1.40 bits per heavy atom. The summed E-state index contributed by atoms with van der Waals surface area (Å²) in [6.07, 6.45) is 4.08. The summed E-state index contributed by atoms with van der Waals surface area (Å²) in [6.45, 7) is 6.67. The Morgan fingerprint density at radius 2 is 2.24 bits per heavy atom. The topological polar surface area (TPSA) is 65.2 Å². The maximum Gasteiger partial charge on any atom is 0.306 e. The molecule has 0 unspecified atom stereocenters. The maximum atomic E-state index is 12.3. The lowest BCUT2D eigenvalue weighted by Gasteiger charge is -2.36. The maximum absolute atomic E-state index is 12.3. The van der Waals surface area contributed by atoms with E-state index in [2.05, 4.69) is 31.0 Å². The van der Waals surface area contributed by atoms with E-state index in [9.17, 15) is 4.79 Å². The van der Waals surface area contributed by atoms with Crippen molar-refractivity contribution in [2.24, 2.45) is 17.8 Å². The van der Waals surface area contributed by atoms with Crippen LogP contribution in [0.4, 0.5) is 0 Å². The Morgan fingerprint density at radius 3 is 2.96 bits per heavy atom. The molecule has 136 valence electrons. The first-order chi connectivity index (χ1) is 12.0. The van der Waals surface area contributed by atoms with Crippen molar-refractivity contribution in [3.8, 4) is 11.5 Å². The van der Waals surface area contributed by atoms with Gasteiger partial charge in [-0.25, -0.2) is 0 Å². The van der Waals surface area contributed by atoms with Crippen LogP contribution in [-0.2, 0) is 16.0 Å². The molecule has 3 rings (SSSR count). The van der Waals surface area contributed by atoms with Crippen LogP contribution in [0.1, 0.15) is 52.3 Å². The molecule has 0 aliphatic heterocycles. The van der Waals surface area contributed by atoms with Crippen molar-refractivity contribution >= 4 is 17.3 Å². The van der Waals surface area contributed by atoms with Crippen LogP contribution in [0.2, 0.25) is 0 Å². The summed E-state index contributed by atoms with van der Waals surface area (Å²) in [6, 6.07) is 1.94. The Labute approximate surface area is 152 Å². The zero-order valence-corrected chi connectivity index (χ0v) is 15.9. The van der Waals surface area contributed by atoms with Gasteiger partial charge in [0.1, 0.15) is 6.10 Å². The molecule has 5 nitrogen and oxygen atoms in total. The predicted molar refractivity (Wildman–Crippen MR) is 97.2 cm³/mol. The third-order valence-electron chi connectivity index (χ3n) is 5.02. The number of carbonyl (C=O) groups excluding carboxylic acids is 1. The molecule has 0 bridgehead atoms. The largest absolute Gasteiger partial charge is 0.462 e. The molecule has 3 atom stereocenters. The number of ether oxygens (including phenoxy) is 1. The quantitative estimate of drug-likeness (QED) is 0.695. The zero-order chi connectivity index (χ0) is 17.8. The minimum absolute atomic E-state index is 0.0419. The number of hydrogen-bond acceptors (Lipinski definition) is 6.